The third-order valence-corrected chi connectivity index (χ3v) is 4.64. The molecular weight excluding hydrogens is 316 g/mol. The molecule has 1 aromatic heterocycles. The molecule has 25 heavy (non-hydrogen) atoms. The van der Waals surface area contributed by atoms with Crippen LogP contribution in [0.2, 0.25) is 0 Å². The number of carbonyl (C=O) groups excluding carboxylic acids is 1. The normalized spacial score (nSPS) is 15.3. The van der Waals surface area contributed by atoms with E-state index in [9.17, 15) is 4.79 Å². The summed E-state index contributed by atoms with van der Waals surface area (Å²) in [5, 5.41) is 7.41. The van der Waals surface area contributed by atoms with Crippen LogP contribution in [0, 0.1) is 13.8 Å². The third-order valence-electron chi connectivity index (χ3n) is 4.64. The Balaban J connectivity index is 1.55. The number of nitrogens with zero attached hydrogens (tertiary/aromatic N) is 3. The summed E-state index contributed by atoms with van der Waals surface area (Å²) < 4.78 is 7.17. The van der Waals surface area contributed by atoms with E-state index in [1.54, 1.807) is 6.20 Å². The zero-order valence-corrected chi connectivity index (χ0v) is 15.0. The van der Waals surface area contributed by atoms with Crippen molar-refractivity contribution in [3.05, 3.63) is 47.3 Å². The van der Waals surface area contributed by atoms with Gasteiger partial charge in [-0.05, 0) is 38.4 Å². The quantitative estimate of drug-likeness (QED) is 0.815. The van der Waals surface area contributed by atoms with E-state index in [1.807, 2.05) is 42.8 Å². The molecule has 1 amide bonds. The molecular formula is C19H26N4O2. The van der Waals surface area contributed by atoms with Gasteiger partial charge in [0.25, 0.3) is 5.91 Å². The molecule has 2 heterocycles. The van der Waals surface area contributed by atoms with E-state index < -0.39 is 0 Å². The predicted molar refractivity (Wildman–Crippen MR) is 97.2 cm³/mol. The molecule has 3 rings (SSSR count). The van der Waals surface area contributed by atoms with Crippen LogP contribution in [0.5, 0.6) is 0 Å². The van der Waals surface area contributed by atoms with Gasteiger partial charge in [0, 0.05) is 19.6 Å². The first kappa shape index (κ1) is 17.6. The number of carbonyl (C=O) groups is 1. The minimum absolute atomic E-state index is 0.0562. The fraction of sp³-hybridized carbons (Fsp3) is 0.474. The number of morpholine rings is 1. The number of aromatic nitrogens is 2. The van der Waals surface area contributed by atoms with Gasteiger partial charge in [-0.3, -0.25) is 9.69 Å². The molecule has 2 aromatic rings. The maximum Gasteiger partial charge on any atom is 0.254 e. The van der Waals surface area contributed by atoms with Crippen LogP contribution in [-0.4, -0.2) is 60.0 Å². The second-order valence-electron chi connectivity index (χ2n) is 6.41. The van der Waals surface area contributed by atoms with E-state index in [0.717, 1.165) is 56.2 Å². The van der Waals surface area contributed by atoms with Crippen LogP contribution in [0.4, 0.5) is 0 Å². The standard InChI is InChI=1S/C19H26N4O2/c1-15-6-3-4-7-18(15)23-16(2)17(14-21-23)19(24)20-8-5-9-22-10-12-25-13-11-22/h3-4,6-7,14H,5,8-13H2,1-2H3,(H,20,24). The van der Waals surface area contributed by atoms with Crippen LogP contribution in [0.25, 0.3) is 5.69 Å². The molecule has 1 fully saturated rings. The van der Waals surface area contributed by atoms with Crippen molar-refractivity contribution in [1.29, 1.82) is 0 Å². The fourth-order valence-electron chi connectivity index (χ4n) is 3.10. The molecule has 0 bridgehead atoms. The minimum atomic E-state index is -0.0562. The van der Waals surface area contributed by atoms with Crippen molar-refractivity contribution in [2.75, 3.05) is 39.4 Å². The average Bonchev–Trinajstić information content (AvgIpc) is 3.01. The number of hydrogen-bond donors (Lipinski definition) is 1. The van der Waals surface area contributed by atoms with Gasteiger partial charge in [0.2, 0.25) is 0 Å². The Morgan fingerprint density at radius 3 is 2.76 bits per heavy atom. The Kier molecular flexibility index (Phi) is 5.83. The van der Waals surface area contributed by atoms with E-state index >= 15 is 0 Å². The lowest BCUT2D eigenvalue weighted by atomic mass is 10.2. The molecule has 0 atom stereocenters. The molecule has 6 heteroatoms. The van der Waals surface area contributed by atoms with Gasteiger partial charge in [-0.2, -0.15) is 5.10 Å². The van der Waals surface area contributed by atoms with Crippen LogP contribution in [0.15, 0.2) is 30.5 Å². The SMILES string of the molecule is Cc1ccccc1-n1ncc(C(=O)NCCCN2CCOCC2)c1C. The van der Waals surface area contributed by atoms with Crippen LogP contribution < -0.4 is 5.32 Å². The Morgan fingerprint density at radius 1 is 1.24 bits per heavy atom. The number of nitrogens with one attached hydrogen (secondary N) is 1. The predicted octanol–water partition coefficient (Wildman–Crippen LogP) is 1.94. The average molecular weight is 342 g/mol. The zero-order chi connectivity index (χ0) is 17.6. The van der Waals surface area contributed by atoms with Crippen LogP contribution in [0.3, 0.4) is 0 Å². The fourth-order valence-corrected chi connectivity index (χ4v) is 3.10. The lowest BCUT2D eigenvalue weighted by Crippen LogP contribution is -2.38. The third kappa shape index (κ3) is 4.27. The number of amides is 1. The van der Waals surface area contributed by atoms with Crippen molar-refractivity contribution < 1.29 is 9.53 Å². The largest absolute Gasteiger partial charge is 0.379 e. The molecule has 0 spiro atoms. The van der Waals surface area contributed by atoms with E-state index in [2.05, 4.69) is 15.3 Å². The molecule has 0 aliphatic carbocycles. The van der Waals surface area contributed by atoms with Crippen molar-refractivity contribution in [1.82, 2.24) is 20.0 Å². The Bertz CT molecular complexity index is 720. The summed E-state index contributed by atoms with van der Waals surface area (Å²) in [6, 6.07) is 8.04. The highest BCUT2D eigenvalue weighted by Crippen LogP contribution is 2.17. The monoisotopic (exact) mass is 342 g/mol. The highest BCUT2D eigenvalue weighted by Gasteiger charge is 2.16. The highest BCUT2D eigenvalue weighted by molar-refractivity contribution is 5.95. The summed E-state index contributed by atoms with van der Waals surface area (Å²) in [7, 11) is 0. The molecule has 0 saturated carbocycles. The topological polar surface area (TPSA) is 59.4 Å². The number of rotatable bonds is 6. The van der Waals surface area contributed by atoms with E-state index in [-0.39, 0.29) is 5.91 Å². The van der Waals surface area contributed by atoms with Crippen molar-refractivity contribution in [2.45, 2.75) is 20.3 Å². The molecule has 1 aliphatic rings. The lowest BCUT2D eigenvalue weighted by molar-refractivity contribution is 0.0374. The van der Waals surface area contributed by atoms with Crippen molar-refractivity contribution >= 4 is 5.91 Å². The van der Waals surface area contributed by atoms with Gasteiger partial charge in [-0.25, -0.2) is 4.68 Å². The molecule has 134 valence electrons. The number of para-hydroxylation sites is 1. The highest BCUT2D eigenvalue weighted by atomic mass is 16.5. The van der Waals surface area contributed by atoms with Gasteiger partial charge in [0.15, 0.2) is 0 Å². The van der Waals surface area contributed by atoms with Gasteiger partial charge in [0.05, 0.1) is 36.4 Å². The summed E-state index contributed by atoms with van der Waals surface area (Å²) in [4.78, 5) is 14.8. The van der Waals surface area contributed by atoms with Gasteiger partial charge in [-0.15, -0.1) is 0 Å². The molecule has 6 nitrogen and oxygen atoms in total. The number of aryl methyl sites for hydroxylation is 1. The Labute approximate surface area is 148 Å². The number of ether oxygens (including phenoxy) is 1. The summed E-state index contributed by atoms with van der Waals surface area (Å²) in [5.74, 6) is -0.0562. The first-order valence-corrected chi connectivity index (χ1v) is 8.86. The zero-order valence-electron chi connectivity index (χ0n) is 15.0. The van der Waals surface area contributed by atoms with Gasteiger partial charge >= 0.3 is 0 Å². The van der Waals surface area contributed by atoms with Crippen LogP contribution >= 0.6 is 0 Å². The van der Waals surface area contributed by atoms with E-state index in [1.165, 1.54) is 0 Å². The van der Waals surface area contributed by atoms with Crippen molar-refractivity contribution in [3.63, 3.8) is 0 Å². The molecule has 1 N–H and O–H groups in total. The maximum absolute atomic E-state index is 12.4. The molecule has 1 aromatic carbocycles. The summed E-state index contributed by atoms with van der Waals surface area (Å²) in [6.07, 6.45) is 2.59. The van der Waals surface area contributed by atoms with Gasteiger partial charge in [-0.1, -0.05) is 18.2 Å². The minimum Gasteiger partial charge on any atom is -0.379 e. The van der Waals surface area contributed by atoms with Gasteiger partial charge < -0.3 is 10.1 Å². The van der Waals surface area contributed by atoms with Gasteiger partial charge in [0.1, 0.15) is 0 Å². The molecule has 1 saturated heterocycles. The number of benzene rings is 1. The summed E-state index contributed by atoms with van der Waals surface area (Å²) in [6.45, 7) is 9.22. The number of hydrogen-bond acceptors (Lipinski definition) is 4. The smallest absolute Gasteiger partial charge is 0.254 e. The Morgan fingerprint density at radius 2 is 2.00 bits per heavy atom. The first-order valence-electron chi connectivity index (χ1n) is 8.86. The maximum atomic E-state index is 12.4. The summed E-state index contributed by atoms with van der Waals surface area (Å²) in [5.41, 5.74) is 3.63. The lowest BCUT2D eigenvalue weighted by Gasteiger charge is -2.26. The molecule has 0 unspecified atom stereocenters. The van der Waals surface area contributed by atoms with Crippen LogP contribution in [0.1, 0.15) is 28.0 Å². The summed E-state index contributed by atoms with van der Waals surface area (Å²) >= 11 is 0. The van der Waals surface area contributed by atoms with Crippen LogP contribution in [-0.2, 0) is 4.74 Å². The van der Waals surface area contributed by atoms with E-state index in [4.69, 9.17) is 4.74 Å². The second kappa shape index (κ2) is 8.27. The first-order chi connectivity index (χ1) is 12.2. The van der Waals surface area contributed by atoms with Crippen molar-refractivity contribution in [3.8, 4) is 5.69 Å². The second-order valence-corrected chi connectivity index (χ2v) is 6.41. The molecule has 1 aliphatic heterocycles. The van der Waals surface area contributed by atoms with Crippen molar-refractivity contribution in [2.24, 2.45) is 0 Å². The van der Waals surface area contributed by atoms with E-state index in [0.29, 0.717) is 12.1 Å². The molecule has 0 radical (unpaired) electrons. The Hall–Kier alpha value is -2.18.